The van der Waals surface area contributed by atoms with Gasteiger partial charge in [0.25, 0.3) is 0 Å². The fourth-order valence-electron chi connectivity index (χ4n) is 2.02. The molecule has 0 aromatic rings. The number of hydrogen-bond acceptors (Lipinski definition) is 1. The van der Waals surface area contributed by atoms with Crippen LogP contribution in [0.5, 0.6) is 0 Å². The quantitative estimate of drug-likeness (QED) is 0.471. The Morgan fingerprint density at radius 1 is 1.14 bits per heavy atom. The molecule has 0 aromatic heterocycles. The summed E-state index contributed by atoms with van der Waals surface area (Å²) in [5.74, 6) is 0.823. The van der Waals surface area contributed by atoms with Crippen molar-refractivity contribution in [2.45, 2.75) is 58.3 Å². The Morgan fingerprint density at radius 3 is 2.50 bits per heavy atom. The third-order valence-electron chi connectivity index (χ3n) is 2.95. The van der Waals surface area contributed by atoms with Gasteiger partial charge in [0.05, 0.1) is 12.9 Å². The summed E-state index contributed by atoms with van der Waals surface area (Å²) in [6.07, 6.45) is 14.8. The van der Waals surface area contributed by atoms with Gasteiger partial charge >= 0.3 is 0 Å². The molecule has 0 aliphatic heterocycles. The van der Waals surface area contributed by atoms with Gasteiger partial charge in [-0.1, -0.05) is 39.0 Å². The molecule has 0 saturated heterocycles. The van der Waals surface area contributed by atoms with Crippen LogP contribution in [0.3, 0.4) is 0 Å². The maximum Gasteiger partial charge on any atom is 0.0901 e. The molecule has 0 atom stereocenters. The Hall–Kier alpha value is -0.460. The molecule has 1 rings (SSSR count). The molecule has 1 aliphatic rings. The van der Waals surface area contributed by atoms with E-state index in [2.05, 4.69) is 13.0 Å². The Bertz CT molecular complexity index is 143. The van der Waals surface area contributed by atoms with Crippen LogP contribution in [0.2, 0.25) is 0 Å². The lowest BCUT2D eigenvalue weighted by atomic mass is 10.0. The summed E-state index contributed by atoms with van der Waals surface area (Å²) in [7, 11) is 0. The lowest BCUT2D eigenvalue weighted by Crippen LogP contribution is -2.05. The maximum atomic E-state index is 5.55. The minimum absolute atomic E-state index is 0.823. The predicted molar refractivity (Wildman–Crippen MR) is 61.2 cm³/mol. The van der Waals surface area contributed by atoms with Gasteiger partial charge in [-0.2, -0.15) is 0 Å². The second-order valence-corrected chi connectivity index (χ2v) is 4.35. The van der Waals surface area contributed by atoms with Crippen LogP contribution in [0.4, 0.5) is 0 Å². The highest BCUT2D eigenvalue weighted by atomic mass is 16.5. The first-order chi connectivity index (χ1) is 6.93. The minimum Gasteiger partial charge on any atom is -0.501 e. The van der Waals surface area contributed by atoms with Crippen molar-refractivity contribution in [3.63, 3.8) is 0 Å². The largest absolute Gasteiger partial charge is 0.501 e. The molecular formula is C13H24O. The number of rotatable bonds is 5. The Labute approximate surface area is 88.5 Å². The van der Waals surface area contributed by atoms with Crippen molar-refractivity contribution in [2.75, 3.05) is 6.61 Å². The van der Waals surface area contributed by atoms with E-state index in [1.165, 1.54) is 44.9 Å². The van der Waals surface area contributed by atoms with Crippen LogP contribution >= 0.6 is 0 Å². The normalized spacial score (nSPS) is 19.8. The number of unbranched alkanes of at least 4 members (excludes halogenated alkanes) is 1. The number of ether oxygens (including phenoxy) is 1. The smallest absolute Gasteiger partial charge is 0.0901 e. The van der Waals surface area contributed by atoms with Crippen LogP contribution in [0.15, 0.2) is 12.3 Å². The molecule has 1 saturated carbocycles. The van der Waals surface area contributed by atoms with E-state index in [-0.39, 0.29) is 0 Å². The Balaban J connectivity index is 2.04. The van der Waals surface area contributed by atoms with E-state index in [4.69, 9.17) is 4.74 Å². The molecule has 0 radical (unpaired) electrons. The van der Waals surface area contributed by atoms with Crippen LogP contribution in [-0.4, -0.2) is 6.61 Å². The van der Waals surface area contributed by atoms with Crippen LogP contribution in [0.1, 0.15) is 58.3 Å². The van der Waals surface area contributed by atoms with E-state index in [0.29, 0.717) is 0 Å². The molecule has 0 aromatic carbocycles. The van der Waals surface area contributed by atoms with Crippen molar-refractivity contribution in [2.24, 2.45) is 5.92 Å². The fraction of sp³-hybridized carbons (Fsp3) is 0.846. The van der Waals surface area contributed by atoms with Gasteiger partial charge in [-0.15, -0.1) is 0 Å². The van der Waals surface area contributed by atoms with Gasteiger partial charge in [-0.05, 0) is 31.3 Å². The second kappa shape index (κ2) is 7.90. The molecule has 0 unspecified atom stereocenters. The highest BCUT2D eigenvalue weighted by molar-refractivity contribution is 4.73. The first-order valence-electron chi connectivity index (χ1n) is 6.20. The summed E-state index contributed by atoms with van der Waals surface area (Å²) in [6, 6.07) is 0. The summed E-state index contributed by atoms with van der Waals surface area (Å²) in [6.45, 7) is 3.13. The zero-order valence-corrected chi connectivity index (χ0v) is 9.50. The maximum absolute atomic E-state index is 5.55. The predicted octanol–water partition coefficient (Wildman–Crippen LogP) is 4.29. The van der Waals surface area contributed by atoms with Gasteiger partial charge in [0.2, 0.25) is 0 Å². The highest BCUT2D eigenvalue weighted by Gasteiger charge is 2.11. The van der Waals surface area contributed by atoms with Gasteiger partial charge in [-0.3, -0.25) is 0 Å². The van der Waals surface area contributed by atoms with Crippen LogP contribution in [-0.2, 0) is 4.74 Å². The summed E-state index contributed by atoms with van der Waals surface area (Å²) < 4.78 is 5.55. The highest BCUT2D eigenvalue weighted by Crippen LogP contribution is 2.22. The third-order valence-corrected chi connectivity index (χ3v) is 2.95. The Kier molecular flexibility index (Phi) is 6.55. The van der Waals surface area contributed by atoms with Gasteiger partial charge in [0.1, 0.15) is 0 Å². The Morgan fingerprint density at radius 2 is 1.86 bits per heavy atom. The zero-order chi connectivity index (χ0) is 10.1. The van der Waals surface area contributed by atoms with Crippen molar-refractivity contribution in [1.29, 1.82) is 0 Å². The molecular weight excluding hydrogens is 172 g/mol. The molecule has 82 valence electrons. The van der Waals surface area contributed by atoms with E-state index in [9.17, 15) is 0 Å². The van der Waals surface area contributed by atoms with Gasteiger partial charge in [0, 0.05) is 0 Å². The monoisotopic (exact) mass is 196 g/mol. The molecule has 0 bridgehead atoms. The van der Waals surface area contributed by atoms with Crippen molar-refractivity contribution in [3.8, 4) is 0 Å². The van der Waals surface area contributed by atoms with E-state index in [1.807, 2.05) is 6.26 Å². The average Bonchev–Trinajstić information content (AvgIpc) is 2.46. The van der Waals surface area contributed by atoms with E-state index < -0.39 is 0 Å². The zero-order valence-electron chi connectivity index (χ0n) is 9.50. The fourth-order valence-corrected chi connectivity index (χ4v) is 2.02. The molecule has 0 amide bonds. The average molecular weight is 196 g/mol. The molecule has 1 nitrogen and oxygen atoms in total. The third kappa shape index (κ3) is 5.31. The lowest BCUT2D eigenvalue weighted by molar-refractivity contribution is 0.182. The number of allylic oxidation sites excluding steroid dienone is 1. The van der Waals surface area contributed by atoms with Gasteiger partial charge in [-0.25, -0.2) is 0 Å². The first-order valence-corrected chi connectivity index (χ1v) is 6.20. The van der Waals surface area contributed by atoms with Crippen molar-refractivity contribution in [3.05, 3.63) is 12.3 Å². The summed E-state index contributed by atoms with van der Waals surface area (Å²) in [4.78, 5) is 0. The summed E-state index contributed by atoms with van der Waals surface area (Å²) in [5.41, 5.74) is 0. The molecule has 1 aliphatic carbocycles. The summed E-state index contributed by atoms with van der Waals surface area (Å²) in [5, 5.41) is 0. The van der Waals surface area contributed by atoms with Gasteiger partial charge < -0.3 is 4.74 Å². The van der Waals surface area contributed by atoms with E-state index in [1.54, 1.807) is 0 Å². The lowest BCUT2D eigenvalue weighted by Gasteiger charge is -2.12. The topological polar surface area (TPSA) is 9.23 Å². The van der Waals surface area contributed by atoms with E-state index in [0.717, 1.165) is 18.9 Å². The molecule has 0 N–H and O–H groups in total. The standard InChI is InChI=1S/C13H24O/c1-2-3-8-11-14-12-13-9-6-4-5-7-10-13/h8,11,13H,2-7,9-10,12H2,1H3. The van der Waals surface area contributed by atoms with Gasteiger partial charge in [0.15, 0.2) is 0 Å². The molecule has 0 heterocycles. The molecule has 0 spiro atoms. The summed E-state index contributed by atoms with van der Waals surface area (Å²) >= 11 is 0. The van der Waals surface area contributed by atoms with Crippen molar-refractivity contribution in [1.82, 2.24) is 0 Å². The molecule has 14 heavy (non-hydrogen) atoms. The first kappa shape index (κ1) is 11.6. The minimum atomic E-state index is 0.823. The van der Waals surface area contributed by atoms with Crippen LogP contribution in [0.25, 0.3) is 0 Å². The second-order valence-electron chi connectivity index (χ2n) is 4.35. The number of hydrogen-bond donors (Lipinski definition) is 0. The van der Waals surface area contributed by atoms with E-state index >= 15 is 0 Å². The molecule has 1 heteroatoms. The molecule has 1 fully saturated rings. The van der Waals surface area contributed by atoms with Crippen molar-refractivity contribution < 1.29 is 4.74 Å². The van der Waals surface area contributed by atoms with Crippen molar-refractivity contribution >= 4 is 0 Å². The van der Waals surface area contributed by atoms with Crippen LogP contribution < -0.4 is 0 Å². The van der Waals surface area contributed by atoms with Crippen LogP contribution in [0, 0.1) is 5.92 Å². The SMILES string of the molecule is CCCC=COCC1CCCCCC1.